The van der Waals surface area contributed by atoms with Gasteiger partial charge in [0.15, 0.2) is 11.6 Å². The number of alkyl halides is 3. The molecule has 164 valence electrons. The highest BCUT2D eigenvalue weighted by Gasteiger charge is 2.31. The number of aromatic nitrogens is 7. The molecule has 0 amide bonds. The zero-order valence-corrected chi connectivity index (χ0v) is 17.0. The molecule has 1 aliphatic rings. The molecule has 0 fully saturated rings. The fraction of sp³-hybridized carbons (Fsp3) is 0.250. The summed E-state index contributed by atoms with van der Waals surface area (Å²) in [6.45, 7) is 4.55. The number of benzene rings is 1. The SMILES string of the molecule is CC(C)c1nnc2n1-c1cnc(-n3ccnc3-c3ccc(OC(F)(F)F)cc3)nc1NC2. The van der Waals surface area contributed by atoms with Gasteiger partial charge in [-0.2, -0.15) is 4.98 Å². The Bertz CT molecular complexity index is 1280. The third kappa shape index (κ3) is 3.53. The van der Waals surface area contributed by atoms with Gasteiger partial charge in [-0.1, -0.05) is 13.8 Å². The molecule has 1 N–H and O–H groups in total. The number of nitrogens with zero attached hydrogens (tertiary/aromatic N) is 7. The molecule has 0 radical (unpaired) electrons. The lowest BCUT2D eigenvalue weighted by Crippen LogP contribution is -2.20. The molecular weight excluding hydrogens is 425 g/mol. The van der Waals surface area contributed by atoms with Crippen molar-refractivity contribution in [3.05, 3.63) is 54.5 Å². The average molecular weight is 442 g/mol. The molecule has 0 saturated carbocycles. The van der Waals surface area contributed by atoms with Gasteiger partial charge in [0.1, 0.15) is 23.1 Å². The maximum Gasteiger partial charge on any atom is 0.573 e. The molecule has 0 aliphatic carbocycles. The number of ether oxygens (including phenoxy) is 1. The Labute approximate surface area is 179 Å². The number of nitrogens with one attached hydrogen (secondary N) is 1. The standard InChI is InChI=1S/C20H17F3N8O/c1-11(2)17-29-28-15-10-25-16-14(31(15)17)9-26-19(27-16)30-8-7-24-18(30)12-3-5-13(6-4-12)32-20(21,22)23/h3-9,11H,10H2,1-2H3,(H,25,26,27). The van der Waals surface area contributed by atoms with Crippen LogP contribution in [0.4, 0.5) is 19.0 Å². The van der Waals surface area contributed by atoms with E-state index in [1.807, 2.05) is 18.4 Å². The molecule has 0 saturated heterocycles. The monoisotopic (exact) mass is 442 g/mol. The fourth-order valence-corrected chi connectivity index (χ4v) is 3.50. The van der Waals surface area contributed by atoms with Gasteiger partial charge in [-0.15, -0.1) is 23.4 Å². The third-order valence-corrected chi connectivity index (χ3v) is 4.89. The number of fused-ring (bicyclic) bond motifs is 3. The summed E-state index contributed by atoms with van der Waals surface area (Å²) in [4.78, 5) is 13.4. The van der Waals surface area contributed by atoms with Gasteiger partial charge >= 0.3 is 6.36 Å². The molecule has 9 nitrogen and oxygen atoms in total. The van der Waals surface area contributed by atoms with E-state index in [2.05, 4.69) is 35.2 Å². The highest BCUT2D eigenvalue weighted by atomic mass is 19.4. The van der Waals surface area contributed by atoms with E-state index in [-0.39, 0.29) is 11.7 Å². The van der Waals surface area contributed by atoms with Crippen molar-refractivity contribution < 1.29 is 17.9 Å². The van der Waals surface area contributed by atoms with Gasteiger partial charge in [0.25, 0.3) is 0 Å². The molecule has 5 rings (SSSR count). The van der Waals surface area contributed by atoms with Crippen LogP contribution in [0.15, 0.2) is 42.9 Å². The predicted molar refractivity (Wildman–Crippen MR) is 108 cm³/mol. The van der Waals surface area contributed by atoms with Crippen LogP contribution >= 0.6 is 0 Å². The topological polar surface area (TPSA) is 95.6 Å². The first-order valence-corrected chi connectivity index (χ1v) is 9.75. The number of halogens is 3. The Morgan fingerprint density at radius 1 is 1.09 bits per heavy atom. The van der Waals surface area contributed by atoms with Crippen LogP contribution in [0, 0.1) is 0 Å². The van der Waals surface area contributed by atoms with Crippen molar-refractivity contribution in [2.45, 2.75) is 32.7 Å². The van der Waals surface area contributed by atoms with E-state index in [4.69, 9.17) is 0 Å². The normalized spacial score (nSPS) is 12.9. The molecule has 4 aromatic rings. The van der Waals surface area contributed by atoms with Crippen LogP contribution in [-0.2, 0) is 6.54 Å². The quantitative estimate of drug-likeness (QED) is 0.513. The van der Waals surface area contributed by atoms with Crippen molar-refractivity contribution in [2.75, 3.05) is 5.32 Å². The second kappa shape index (κ2) is 7.32. The highest BCUT2D eigenvalue weighted by Crippen LogP contribution is 2.30. The predicted octanol–water partition coefficient (Wildman–Crippen LogP) is 3.86. The lowest BCUT2D eigenvalue weighted by molar-refractivity contribution is -0.274. The van der Waals surface area contributed by atoms with E-state index in [0.29, 0.717) is 29.7 Å². The summed E-state index contributed by atoms with van der Waals surface area (Å²) in [7, 11) is 0. The first-order chi connectivity index (χ1) is 15.3. The molecule has 0 atom stereocenters. The van der Waals surface area contributed by atoms with Crippen molar-refractivity contribution >= 4 is 5.82 Å². The molecule has 0 bridgehead atoms. The van der Waals surface area contributed by atoms with Crippen LogP contribution in [0.2, 0.25) is 0 Å². The van der Waals surface area contributed by atoms with Crippen LogP contribution < -0.4 is 10.1 Å². The van der Waals surface area contributed by atoms with Crippen LogP contribution in [0.3, 0.4) is 0 Å². The molecule has 12 heteroatoms. The Kier molecular flexibility index (Phi) is 4.57. The molecular formula is C20H17F3N8O. The van der Waals surface area contributed by atoms with E-state index < -0.39 is 6.36 Å². The van der Waals surface area contributed by atoms with Crippen molar-refractivity contribution in [1.82, 2.24) is 34.3 Å². The van der Waals surface area contributed by atoms with E-state index in [1.165, 1.54) is 24.3 Å². The largest absolute Gasteiger partial charge is 0.573 e. The zero-order valence-electron chi connectivity index (χ0n) is 17.0. The molecule has 1 aromatic carbocycles. The van der Waals surface area contributed by atoms with Gasteiger partial charge in [0, 0.05) is 23.9 Å². The van der Waals surface area contributed by atoms with Gasteiger partial charge in [-0.3, -0.25) is 9.13 Å². The number of anilines is 1. The molecule has 0 unspecified atom stereocenters. The number of rotatable bonds is 4. The van der Waals surface area contributed by atoms with Gasteiger partial charge in [-0.05, 0) is 24.3 Å². The number of hydrogen-bond acceptors (Lipinski definition) is 7. The summed E-state index contributed by atoms with van der Waals surface area (Å²) in [6, 6.07) is 5.46. The highest BCUT2D eigenvalue weighted by molar-refractivity contribution is 5.62. The van der Waals surface area contributed by atoms with Crippen molar-refractivity contribution in [1.29, 1.82) is 0 Å². The second-order valence-electron chi connectivity index (χ2n) is 7.41. The van der Waals surface area contributed by atoms with E-state index in [9.17, 15) is 13.2 Å². The Balaban J connectivity index is 1.49. The first kappa shape index (κ1) is 20.0. The van der Waals surface area contributed by atoms with Crippen molar-refractivity contribution in [2.24, 2.45) is 0 Å². The fourth-order valence-electron chi connectivity index (χ4n) is 3.50. The first-order valence-electron chi connectivity index (χ1n) is 9.75. The minimum Gasteiger partial charge on any atom is -0.406 e. The van der Waals surface area contributed by atoms with Crippen LogP contribution in [0.25, 0.3) is 23.0 Å². The molecule has 0 spiro atoms. The minimum atomic E-state index is -4.75. The summed E-state index contributed by atoms with van der Waals surface area (Å²) < 4.78 is 44.8. The van der Waals surface area contributed by atoms with E-state index >= 15 is 0 Å². The van der Waals surface area contributed by atoms with Gasteiger partial charge in [-0.25, -0.2) is 9.97 Å². The van der Waals surface area contributed by atoms with Gasteiger partial charge in [0.05, 0.1) is 12.7 Å². The summed E-state index contributed by atoms with van der Waals surface area (Å²) in [6.07, 6.45) is 0.195. The summed E-state index contributed by atoms with van der Waals surface area (Å²) in [5, 5.41) is 11.7. The van der Waals surface area contributed by atoms with E-state index in [1.54, 1.807) is 23.2 Å². The van der Waals surface area contributed by atoms with Gasteiger partial charge < -0.3 is 10.1 Å². The maximum atomic E-state index is 12.4. The van der Waals surface area contributed by atoms with E-state index in [0.717, 1.165) is 17.3 Å². The Morgan fingerprint density at radius 3 is 2.59 bits per heavy atom. The number of imidazole rings is 1. The zero-order chi connectivity index (χ0) is 22.5. The molecule has 32 heavy (non-hydrogen) atoms. The smallest absolute Gasteiger partial charge is 0.406 e. The molecule has 3 aromatic heterocycles. The lowest BCUT2D eigenvalue weighted by Gasteiger charge is -2.21. The third-order valence-electron chi connectivity index (χ3n) is 4.89. The average Bonchev–Trinajstić information content (AvgIpc) is 3.40. The van der Waals surface area contributed by atoms with Crippen molar-refractivity contribution in [3.8, 4) is 28.8 Å². The minimum absolute atomic E-state index is 0.173. The van der Waals surface area contributed by atoms with Crippen LogP contribution in [-0.4, -0.2) is 40.6 Å². The second-order valence-corrected chi connectivity index (χ2v) is 7.41. The van der Waals surface area contributed by atoms with Gasteiger partial charge in [0.2, 0.25) is 5.95 Å². The number of hydrogen-bond donors (Lipinski definition) is 1. The van der Waals surface area contributed by atoms with Crippen LogP contribution in [0.5, 0.6) is 5.75 Å². The summed E-state index contributed by atoms with van der Waals surface area (Å²) >= 11 is 0. The van der Waals surface area contributed by atoms with Crippen molar-refractivity contribution in [3.63, 3.8) is 0 Å². The summed E-state index contributed by atoms with van der Waals surface area (Å²) in [5.41, 5.74) is 1.33. The van der Waals surface area contributed by atoms with Crippen LogP contribution in [0.1, 0.15) is 31.4 Å². The molecule has 1 aliphatic heterocycles. The maximum absolute atomic E-state index is 12.4. The summed E-state index contributed by atoms with van der Waals surface area (Å²) in [5.74, 6) is 2.93. The Hall–Kier alpha value is -3.96. The molecule has 4 heterocycles. The Morgan fingerprint density at radius 2 is 1.88 bits per heavy atom. The lowest BCUT2D eigenvalue weighted by atomic mass is 10.2.